The van der Waals surface area contributed by atoms with Crippen molar-refractivity contribution in [2.24, 2.45) is 0 Å². The van der Waals surface area contributed by atoms with Crippen molar-refractivity contribution in [1.82, 2.24) is 5.32 Å². The Labute approximate surface area is 147 Å². The molecule has 6 nitrogen and oxygen atoms in total. The third kappa shape index (κ3) is 6.57. The Kier molecular flexibility index (Phi) is 6.98. The highest BCUT2D eigenvalue weighted by Crippen LogP contribution is 2.19. The molecule has 0 aliphatic heterocycles. The summed E-state index contributed by atoms with van der Waals surface area (Å²) in [4.78, 5) is 35.6. The molecule has 1 aliphatic rings. The molecule has 1 amide bonds. The van der Waals surface area contributed by atoms with E-state index in [2.05, 4.69) is 5.32 Å². The standard InChI is InChI=1S/C19H25NO5/c1-3-12-24-16-8-4-14(5-9-16)17(21)10-11-18(22)25-13(2)19(23)20-15-6-7-15/h4-5,8-9,13,15H,3,6-7,10-12H2,1-2H3,(H,20,23)/t13-/m0/s1. The summed E-state index contributed by atoms with van der Waals surface area (Å²) in [6.07, 6.45) is 2.03. The van der Waals surface area contributed by atoms with Gasteiger partial charge in [0.25, 0.3) is 5.91 Å². The van der Waals surface area contributed by atoms with Gasteiger partial charge in [-0.1, -0.05) is 6.92 Å². The molecule has 0 spiro atoms. The van der Waals surface area contributed by atoms with Gasteiger partial charge in [0.1, 0.15) is 5.75 Å². The summed E-state index contributed by atoms with van der Waals surface area (Å²) in [6, 6.07) is 7.07. The number of ketones is 1. The predicted molar refractivity (Wildman–Crippen MR) is 92.5 cm³/mol. The molecule has 25 heavy (non-hydrogen) atoms. The van der Waals surface area contributed by atoms with Crippen LogP contribution in [0.3, 0.4) is 0 Å². The molecule has 1 aromatic carbocycles. The second kappa shape index (κ2) is 9.20. The van der Waals surface area contributed by atoms with Crippen molar-refractivity contribution in [3.05, 3.63) is 29.8 Å². The quantitative estimate of drug-likeness (QED) is 0.520. The van der Waals surface area contributed by atoms with E-state index in [0.717, 1.165) is 19.3 Å². The first-order chi connectivity index (χ1) is 12.0. The maximum atomic E-state index is 12.1. The van der Waals surface area contributed by atoms with Gasteiger partial charge < -0.3 is 14.8 Å². The third-order valence-corrected chi connectivity index (χ3v) is 3.81. The minimum atomic E-state index is -0.835. The minimum Gasteiger partial charge on any atom is -0.494 e. The molecule has 0 aromatic heterocycles. The molecule has 0 heterocycles. The monoisotopic (exact) mass is 347 g/mol. The molecule has 6 heteroatoms. The summed E-state index contributed by atoms with van der Waals surface area (Å²) < 4.78 is 10.5. The lowest BCUT2D eigenvalue weighted by Crippen LogP contribution is -2.37. The van der Waals surface area contributed by atoms with Crippen LogP contribution in [0, 0.1) is 0 Å². The molecule has 1 fully saturated rings. The van der Waals surface area contributed by atoms with Crippen LogP contribution in [-0.4, -0.2) is 36.4 Å². The summed E-state index contributed by atoms with van der Waals surface area (Å²) in [6.45, 7) is 4.19. The van der Waals surface area contributed by atoms with E-state index in [4.69, 9.17) is 9.47 Å². The largest absolute Gasteiger partial charge is 0.494 e. The van der Waals surface area contributed by atoms with Gasteiger partial charge in [-0.05, 0) is 50.5 Å². The fraction of sp³-hybridized carbons (Fsp3) is 0.526. The van der Waals surface area contributed by atoms with Gasteiger partial charge in [0, 0.05) is 18.0 Å². The van der Waals surface area contributed by atoms with Gasteiger partial charge in [-0.15, -0.1) is 0 Å². The van der Waals surface area contributed by atoms with Gasteiger partial charge in [0.2, 0.25) is 0 Å². The van der Waals surface area contributed by atoms with Crippen LogP contribution in [0.2, 0.25) is 0 Å². The average molecular weight is 347 g/mol. The number of hydrogen-bond donors (Lipinski definition) is 1. The average Bonchev–Trinajstić information content (AvgIpc) is 3.42. The van der Waals surface area contributed by atoms with Crippen LogP contribution >= 0.6 is 0 Å². The third-order valence-electron chi connectivity index (χ3n) is 3.81. The first kappa shape index (κ1) is 19.0. The highest BCUT2D eigenvalue weighted by atomic mass is 16.5. The number of benzene rings is 1. The Morgan fingerprint density at radius 2 is 1.84 bits per heavy atom. The number of carbonyl (C=O) groups is 3. The first-order valence-corrected chi connectivity index (χ1v) is 8.75. The van der Waals surface area contributed by atoms with Crippen LogP contribution in [0.25, 0.3) is 0 Å². The molecule has 2 rings (SSSR count). The Balaban J connectivity index is 1.72. The van der Waals surface area contributed by atoms with E-state index < -0.39 is 12.1 Å². The number of Topliss-reactive ketones (excluding diaryl/α,β-unsaturated/α-hetero) is 1. The predicted octanol–water partition coefficient (Wildman–Crippen LogP) is 2.65. The zero-order valence-corrected chi connectivity index (χ0v) is 14.7. The summed E-state index contributed by atoms with van der Waals surface area (Å²) in [5.74, 6) is -0.262. The first-order valence-electron chi connectivity index (χ1n) is 8.75. The molecule has 1 saturated carbocycles. The molecule has 1 atom stereocenters. The Bertz CT molecular complexity index is 607. The Morgan fingerprint density at radius 1 is 1.16 bits per heavy atom. The van der Waals surface area contributed by atoms with Crippen molar-refractivity contribution >= 4 is 17.7 Å². The zero-order chi connectivity index (χ0) is 18.2. The Morgan fingerprint density at radius 3 is 2.44 bits per heavy atom. The summed E-state index contributed by atoms with van der Waals surface area (Å²) >= 11 is 0. The van der Waals surface area contributed by atoms with E-state index in [-0.39, 0.29) is 30.6 Å². The second-order valence-electron chi connectivity index (χ2n) is 6.21. The number of amides is 1. The van der Waals surface area contributed by atoms with Crippen LogP contribution in [0.15, 0.2) is 24.3 Å². The van der Waals surface area contributed by atoms with Crippen molar-refractivity contribution in [2.75, 3.05) is 6.61 Å². The number of nitrogens with one attached hydrogen (secondary N) is 1. The molecule has 1 N–H and O–H groups in total. The van der Waals surface area contributed by atoms with Gasteiger partial charge in [0.15, 0.2) is 11.9 Å². The molecule has 0 unspecified atom stereocenters. The van der Waals surface area contributed by atoms with Gasteiger partial charge >= 0.3 is 5.97 Å². The van der Waals surface area contributed by atoms with Gasteiger partial charge in [-0.3, -0.25) is 14.4 Å². The van der Waals surface area contributed by atoms with Gasteiger partial charge in [0.05, 0.1) is 13.0 Å². The van der Waals surface area contributed by atoms with E-state index in [1.165, 1.54) is 6.92 Å². The van der Waals surface area contributed by atoms with Crippen LogP contribution in [0.1, 0.15) is 56.3 Å². The number of hydrogen-bond acceptors (Lipinski definition) is 5. The van der Waals surface area contributed by atoms with Gasteiger partial charge in [-0.2, -0.15) is 0 Å². The smallest absolute Gasteiger partial charge is 0.307 e. The Hall–Kier alpha value is -2.37. The molecular formula is C19H25NO5. The van der Waals surface area contributed by atoms with Crippen LogP contribution in [0.4, 0.5) is 0 Å². The molecule has 136 valence electrons. The van der Waals surface area contributed by atoms with Gasteiger partial charge in [-0.25, -0.2) is 0 Å². The molecule has 0 bridgehead atoms. The van der Waals surface area contributed by atoms with Crippen LogP contribution in [0.5, 0.6) is 5.75 Å². The summed E-state index contributed by atoms with van der Waals surface area (Å²) in [5, 5.41) is 2.77. The van der Waals surface area contributed by atoms with Crippen molar-refractivity contribution in [1.29, 1.82) is 0 Å². The van der Waals surface area contributed by atoms with E-state index >= 15 is 0 Å². The highest BCUT2D eigenvalue weighted by Gasteiger charge is 2.27. The maximum absolute atomic E-state index is 12.1. The fourth-order valence-corrected chi connectivity index (χ4v) is 2.17. The molecule has 0 radical (unpaired) electrons. The zero-order valence-electron chi connectivity index (χ0n) is 14.7. The normalized spacial score (nSPS) is 14.5. The number of rotatable bonds is 10. The van der Waals surface area contributed by atoms with Crippen molar-refractivity contribution in [3.63, 3.8) is 0 Å². The van der Waals surface area contributed by atoms with E-state index in [1.54, 1.807) is 24.3 Å². The van der Waals surface area contributed by atoms with E-state index in [0.29, 0.717) is 17.9 Å². The molecule has 1 aromatic rings. The molecule has 0 saturated heterocycles. The summed E-state index contributed by atoms with van der Waals surface area (Å²) in [7, 11) is 0. The van der Waals surface area contributed by atoms with E-state index in [9.17, 15) is 14.4 Å². The SMILES string of the molecule is CCCOc1ccc(C(=O)CCC(=O)O[C@@H](C)C(=O)NC2CC2)cc1. The number of esters is 1. The van der Waals surface area contributed by atoms with Crippen molar-refractivity contribution < 1.29 is 23.9 Å². The van der Waals surface area contributed by atoms with Crippen molar-refractivity contribution in [2.45, 2.75) is 58.1 Å². The highest BCUT2D eigenvalue weighted by molar-refractivity contribution is 5.97. The lowest BCUT2D eigenvalue weighted by molar-refractivity contribution is -0.154. The second-order valence-corrected chi connectivity index (χ2v) is 6.21. The van der Waals surface area contributed by atoms with Crippen LogP contribution in [-0.2, 0) is 14.3 Å². The fourth-order valence-electron chi connectivity index (χ4n) is 2.17. The summed E-state index contributed by atoms with van der Waals surface area (Å²) in [5.41, 5.74) is 0.524. The topological polar surface area (TPSA) is 81.7 Å². The van der Waals surface area contributed by atoms with Crippen LogP contribution < -0.4 is 10.1 Å². The lowest BCUT2D eigenvalue weighted by Gasteiger charge is -2.13. The van der Waals surface area contributed by atoms with E-state index in [1.807, 2.05) is 6.92 Å². The number of carbonyl (C=O) groups excluding carboxylic acids is 3. The number of ether oxygens (including phenoxy) is 2. The maximum Gasteiger partial charge on any atom is 0.307 e. The lowest BCUT2D eigenvalue weighted by atomic mass is 10.1. The molecule has 1 aliphatic carbocycles. The van der Waals surface area contributed by atoms with Crippen molar-refractivity contribution in [3.8, 4) is 5.75 Å². The minimum absolute atomic E-state index is 0.0466. The molecular weight excluding hydrogens is 322 g/mol.